The summed E-state index contributed by atoms with van der Waals surface area (Å²) in [5.41, 5.74) is 2.43. The van der Waals surface area contributed by atoms with Gasteiger partial charge in [-0.15, -0.1) is 0 Å². The number of halogens is 2. The Hall–Kier alpha value is -3.69. The van der Waals surface area contributed by atoms with Crippen LogP contribution >= 0.6 is 0 Å². The molecule has 8 nitrogen and oxygen atoms in total. The van der Waals surface area contributed by atoms with E-state index in [0.717, 1.165) is 11.4 Å². The zero-order valence-corrected chi connectivity index (χ0v) is 17.7. The van der Waals surface area contributed by atoms with E-state index in [0.29, 0.717) is 54.3 Å². The molecule has 10 heteroatoms. The highest BCUT2D eigenvalue weighted by molar-refractivity contribution is 5.82. The molecule has 166 valence electrons. The molecular weight excluding hydrogens is 416 g/mol. The molecule has 4 aromatic rings. The van der Waals surface area contributed by atoms with Crippen molar-refractivity contribution in [1.29, 1.82) is 0 Å². The number of nitrogens with zero attached hydrogens (tertiary/aromatic N) is 4. The third-order valence-corrected chi connectivity index (χ3v) is 5.44. The number of nitrogens with one attached hydrogen (secondary N) is 3. The fourth-order valence-electron chi connectivity index (χ4n) is 3.84. The van der Waals surface area contributed by atoms with Gasteiger partial charge in [0.2, 0.25) is 0 Å². The molecular formula is C22H23F2N7O. The lowest BCUT2D eigenvalue weighted by atomic mass is 10.1. The number of piperidine rings is 1. The summed E-state index contributed by atoms with van der Waals surface area (Å²) in [6.45, 7) is 4.81. The summed E-state index contributed by atoms with van der Waals surface area (Å²) < 4.78 is 34.4. The molecule has 5 rings (SSSR count). The van der Waals surface area contributed by atoms with Gasteiger partial charge in [0.25, 0.3) is 0 Å². The van der Waals surface area contributed by atoms with Crippen LogP contribution in [-0.4, -0.2) is 44.4 Å². The van der Waals surface area contributed by atoms with Gasteiger partial charge in [0.05, 0.1) is 0 Å². The van der Waals surface area contributed by atoms with Gasteiger partial charge < -0.3 is 19.9 Å². The molecule has 0 saturated carbocycles. The second-order valence-corrected chi connectivity index (χ2v) is 8.01. The van der Waals surface area contributed by atoms with Crippen molar-refractivity contribution in [2.75, 3.05) is 23.3 Å². The summed E-state index contributed by atoms with van der Waals surface area (Å²) in [5.74, 6) is 1.14. The molecule has 1 fully saturated rings. The number of hydrogen-bond donors (Lipinski definition) is 3. The fourth-order valence-corrected chi connectivity index (χ4v) is 3.84. The number of H-pyrrole nitrogens is 2. The van der Waals surface area contributed by atoms with Crippen molar-refractivity contribution >= 4 is 28.4 Å². The van der Waals surface area contributed by atoms with Gasteiger partial charge in [-0.05, 0) is 44.9 Å². The van der Waals surface area contributed by atoms with Gasteiger partial charge in [-0.25, -0.2) is 8.78 Å². The molecule has 0 spiro atoms. The lowest BCUT2D eigenvalue weighted by Crippen LogP contribution is -2.35. The van der Waals surface area contributed by atoms with E-state index >= 15 is 4.39 Å². The predicted octanol–water partition coefficient (Wildman–Crippen LogP) is 4.91. The SMILES string of the molecule is Cc1cc(Nc2cc(N3CCC(F)CC3)nc(Oc3ccc4[nH]c(C)cc4c3F)n2)n[nH]1. The van der Waals surface area contributed by atoms with Crippen molar-refractivity contribution in [1.82, 2.24) is 25.1 Å². The van der Waals surface area contributed by atoms with Crippen molar-refractivity contribution in [2.45, 2.75) is 32.9 Å². The highest BCUT2D eigenvalue weighted by Gasteiger charge is 2.22. The van der Waals surface area contributed by atoms with Gasteiger partial charge in [-0.3, -0.25) is 5.10 Å². The van der Waals surface area contributed by atoms with Crippen molar-refractivity contribution in [3.05, 3.63) is 47.5 Å². The minimum Gasteiger partial charge on any atom is -0.421 e. The average molecular weight is 439 g/mol. The van der Waals surface area contributed by atoms with E-state index in [-0.39, 0.29) is 11.8 Å². The third-order valence-electron chi connectivity index (χ3n) is 5.44. The Morgan fingerprint density at radius 3 is 2.62 bits per heavy atom. The summed E-state index contributed by atoms with van der Waals surface area (Å²) in [4.78, 5) is 13.9. The van der Waals surface area contributed by atoms with Crippen LogP contribution in [0, 0.1) is 19.7 Å². The Balaban J connectivity index is 1.49. The molecule has 0 radical (unpaired) electrons. The first kappa shape index (κ1) is 20.2. The Morgan fingerprint density at radius 2 is 1.88 bits per heavy atom. The standard InChI is InChI=1S/C22H23F2N7O/c1-12-9-15-16(25-12)3-4-17(21(15)24)32-22-27-18(26-19-10-13(2)29-30-19)11-20(28-22)31-7-5-14(23)6-8-31/h3-4,9-11,14,25H,5-8H2,1-2H3,(H2,26,27,28,29,30). The Labute approximate surface area is 183 Å². The minimum absolute atomic E-state index is 0.00913. The highest BCUT2D eigenvalue weighted by atomic mass is 19.1. The number of aromatic amines is 2. The summed E-state index contributed by atoms with van der Waals surface area (Å²) >= 11 is 0. The van der Waals surface area contributed by atoms with Crippen LogP contribution in [0.3, 0.4) is 0 Å². The van der Waals surface area contributed by atoms with E-state index < -0.39 is 12.0 Å². The highest BCUT2D eigenvalue weighted by Crippen LogP contribution is 2.31. The maximum absolute atomic E-state index is 15.0. The van der Waals surface area contributed by atoms with E-state index in [9.17, 15) is 4.39 Å². The first-order valence-electron chi connectivity index (χ1n) is 10.5. The van der Waals surface area contributed by atoms with Gasteiger partial charge in [-0.2, -0.15) is 15.1 Å². The first-order valence-corrected chi connectivity index (χ1v) is 10.5. The molecule has 3 aromatic heterocycles. The largest absolute Gasteiger partial charge is 0.421 e. The minimum atomic E-state index is -0.806. The number of aromatic nitrogens is 5. The number of alkyl halides is 1. The molecule has 32 heavy (non-hydrogen) atoms. The van der Waals surface area contributed by atoms with E-state index in [2.05, 4.69) is 30.5 Å². The van der Waals surface area contributed by atoms with Crippen LogP contribution in [0.25, 0.3) is 10.9 Å². The van der Waals surface area contributed by atoms with Crippen molar-refractivity contribution < 1.29 is 13.5 Å². The monoisotopic (exact) mass is 439 g/mol. The Kier molecular flexibility index (Phi) is 5.12. The lowest BCUT2D eigenvalue weighted by molar-refractivity contribution is 0.276. The number of ether oxygens (including phenoxy) is 1. The van der Waals surface area contributed by atoms with E-state index in [1.807, 2.05) is 24.8 Å². The molecule has 0 amide bonds. The third kappa shape index (κ3) is 4.08. The van der Waals surface area contributed by atoms with Crippen LogP contribution in [0.15, 0.2) is 30.3 Å². The molecule has 1 aromatic carbocycles. The van der Waals surface area contributed by atoms with E-state index in [1.54, 1.807) is 24.3 Å². The number of aryl methyl sites for hydroxylation is 2. The molecule has 3 N–H and O–H groups in total. The number of hydrogen-bond acceptors (Lipinski definition) is 6. The van der Waals surface area contributed by atoms with Gasteiger partial charge in [0, 0.05) is 47.5 Å². The molecule has 1 aliphatic heterocycles. The average Bonchev–Trinajstić information content (AvgIpc) is 3.35. The van der Waals surface area contributed by atoms with Crippen LogP contribution in [0.1, 0.15) is 24.2 Å². The maximum Gasteiger partial charge on any atom is 0.326 e. The van der Waals surface area contributed by atoms with Crippen molar-refractivity contribution in [3.8, 4) is 11.8 Å². The van der Waals surface area contributed by atoms with Crippen LogP contribution in [-0.2, 0) is 0 Å². The summed E-state index contributed by atoms with van der Waals surface area (Å²) in [7, 11) is 0. The van der Waals surface area contributed by atoms with Crippen LogP contribution in [0.4, 0.5) is 26.2 Å². The van der Waals surface area contributed by atoms with E-state index in [1.165, 1.54) is 0 Å². The molecule has 1 saturated heterocycles. The van der Waals surface area contributed by atoms with Gasteiger partial charge in [0.1, 0.15) is 17.8 Å². The van der Waals surface area contributed by atoms with Crippen molar-refractivity contribution in [3.63, 3.8) is 0 Å². The molecule has 0 unspecified atom stereocenters. The van der Waals surface area contributed by atoms with E-state index in [4.69, 9.17) is 4.74 Å². The van der Waals surface area contributed by atoms with Crippen LogP contribution in [0.2, 0.25) is 0 Å². The number of benzene rings is 1. The summed E-state index contributed by atoms with van der Waals surface area (Å²) in [5, 5.41) is 10.6. The van der Waals surface area contributed by atoms with Crippen LogP contribution in [0.5, 0.6) is 11.8 Å². The zero-order chi connectivity index (χ0) is 22.2. The lowest BCUT2D eigenvalue weighted by Gasteiger charge is -2.29. The molecule has 4 heterocycles. The summed E-state index contributed by atoms with van der Waals surface area (Å²) in [6, 6.07) is 8.60. The molecule has 0 atom stereocenters. The second-order valence-electron chi connectivity index (χ2n) is 8.01. The fraction of sp³-hybridized carbons (Fsp3) is 0.318. The quantitative estimate of drug-likeness (QED) is 0.409. The number of rotatable bonds is 5. The number of anilines is 3. The smallest absolute Gasteiger partial charge is 0.326 e. The predicted molar refractivity (Wildman–Crippen MR) is 118 cm³/mol. The maximum atomic E-state index is 15.0. The number of fused-ring (bicyclic) bond motifs is 1. The molecule has 1 aliphatic rings. The molecule has 0 bridgehead atoms. The van der Waals surface area contributed by atoms with Gasteiger partial charge in [0.15, 0.2) is 17.4 Å². The molecule has 0 aliphatic carbocycles. The van der Waals surface area contributed by atoms with Gasteiger partial charge >= 0.3 is 6.01 Å². The van der Waals surface area contributed by atoms with Crippen LogP contribution < -0.4 is 15.0 Å². The Bertz CT molecular complexity index is 1260. The second kappa shape index (κ2) is 8.10. The Morgan fingerprint density at radius 1 is 1.06 bits per heavy atom. The summed E-state index contributed by atoms with van der Waals surface area (Å²) in [6.07, 6.45) is 0.0540. The normalized spacial score (nSPS) is 14.8. The van der Waals surface area contributed by atoms with Crippen molar-refractivity contribution in [2.24, 2.45) is 0 Å². The zero-order valence-electron chi connectivity index (χ0n) is 17.7. The first-order chi connectivity index (χ1) is 15.4. The van der Waals surface area contributed by atoms with Gasteiger partial charge in [-0.1, -0.05) is 0 Å². The topological polar surface area (TPSA) is 94.8 Å².